The molecule has 2 rings (SSSR count). The molecular formula is C14H18N2O3. The minimum absolute atomic E-state index is 0.000697. The van der Waals surface area contributed by atoms with Crippen molar-refractivity contribution >= 4 is 17.3 Å². The van der Waals surface area contributed by atoms with E-state index >= 15 is 0 Å². The third kappa shape index (κ3) is 3.10. The first-order valence-corrected chi connectivity index (χ1v) is 6.64. The van der Waals surface area contributed by atoms with Crippen molar-refractivity contribution in [1.29, 1.82) is 0 Å². The van der Waals surface area contributed by atoms with Gasteiger partial charge in [-0.05, 0) is 25.0 Å². The highest BCUT2D eigenvalue weighted by atomic mass is 16.6. The van der Waals surface area contributed by atoms with E-state index in [1.54, 1.807) is 24.0 Å². The zero-order chi connectivity index (χ0) is 13.8. The highest BCUT2D eigenvalue weighted by Gasteiger charge is 2.24. The third-order valence-corrected chi connectivity index (χ3v) is 3.62. The fourth-order valence-electron chi connectivity index (χ4n) is 2.72. The second-order valence-electron chi connectivity index (χ2n) is 4.95. The Hall–Kier alpha value is -1.91. The molecule has 19 heavy (non-hydrogen) atoms. The van der Waals surface area contributed by atoms with Crippen LogP contribution in [0.1, 0.15) is 39.0 Å². The fraction of sp³-hybridized carbons (Fsp3) is 0.500. The van der Waals surface area contributed by atoms with E-state index in [1.807, 2.05) is 0 Å². The molecule has 0 bridgehead atoms. The van der Waals surface area contributed by atoms with E-state index in [2.05, 4.69) is 0 Å². The molecule has 5 nitrogen and oxygen atoms in total. The van der Waals surface area contributed by atoms with E-state index in [-0.39, 0.29) is 17.6 Å². The summed E-state index contributed by atoms with van der Waals surface area (Å²) in [5.41, 5.74) is 0.806. The molecule has 1 fully saturated rings. The van der Waals surface area contributed by atoms with Gasteiger partial charge in [0.25, 0.3) is 5.69 Å². The van der Waals surface area contributed by atoms with Crippen LogP contribution in [0.2, 0.25) is 0 Å². The van der Waals surface area contributed by atoms with Gasteiger partial charge in [0.05, 0.1) is 4.92 Å². The Labute approximate surface area is 112 Å². The van der Waals surface area contributed by atoms with Crippen LogP contribution in [0.5, 0.6) is 0 Å². The van der Waals surface area contributed by atoms with Crippen LogP contribution >= 0.6 is 0 Å². The smallest absolute Gasteiger partial charge is 0.269 e. The van der Waals surface area contributed by atoms with Crippen LogP contribution in [0.4, 0.5) is 11.4 Å². The molecule has 1 saturated carbocycles. The van der Waals surface area contributed by atoms with Crippen LogP contribution in [0.3, 0.4) is 0 Å². The highest BCUT2D eigenvalue weighted by molar-refractivity contribution is 5.92. The van der Waals surface area contributed by atoms with E-state index < -0.39 is 4.92 Å². The van der Waals surface area contributed by atoms with Gasteiger partial charge in [0.2, 0.25) is 5.91 Å². The standard InChI is InChI=1S/C14H18N2O3/c1-11(17)15(12-5-3-2-4-6-12)13-7-9-14(10-8-13)16(18)19/h7-10,12H,2-6H2,1H3. The van der Waals surface area contributed by atoms with Gasteiger partial charge >= 0.3 is 0 Å². The van der Waals surface area contributed by atoms with Crippen molar-refractivity contribution in [2.24, 2.45) is 0 Å². The fourth-order valence-corrected chi connectivity index (χ4v) is 2.72. The number of nitro benzene ring substituents is 1. The molecule has 1 aliphatic carbocycles. The zero-order valence-corrected chi connectivity index (χ0v) is 11.0. The Balaban J connectivity index is 2.23. The number of anilines is 1. The average Bonchev–Trinajstić information content (AvgIpc) is 2.40. The molecule has 0 atom stereocenters. The molecule has 0 aromatic heterocycles. The summed E-state index contributed by atoms with van der Waals surface area (Å²) in [6, 6.07) is 6.46. The topological polar surface area (TPSA) is 63.5 Å². The average molecular weight is 262 g/mol. The molecule has 102 valence electrons. The Morgan fingerprint density at radius 1 is 1.21 bits per heavy atom. The number of nitro groups is 1. The summed E-state index contributed by atoms with van der Waals surface area (Å²) < 4.78 is 0. The minimum atomic E-state index is -0.428. The Kier molecular flexibility index (Phi) is 4.14. The number of carbonyl (C=O) groups is 1. The summed E-state index contributed by atoms with van der Waals surface area (Å²) in [6.45, 7) is 1.55. The largest absolute Gasteiger partial charge is 0.310 e. The van der Waals surface area contributed by atoms with E-state index in [0.717, 1.165) is 31.4 Å². The number of hydrogen-bond donors (Lipinski definition) is 0. The molecule has 0 radical (unpaired) electrons. The maximum atomic E-state index is 11.9. The zero-order valence-electron chi connectivity index (χ0n) is 11.0. The molecule has 0 N–H and O–H groups in total. The lowest BCUT2D eigenvalue weighted by molar-refractivity contribution is -0.384. The number of rotatable bonds is 3. The van der Waals surface area contributed by atoms with Gasteiger partial charge in [-0.3, -0.25) is 14.9 Å². The Bertz CT molecular complexity index is 464. The van der Waals surface area contributed by atoms with Gasteiger partial charge in [0.15, 0.2) is 0 Å². The Morgan fingerprint density at radius 2 is 1.79 bits per heavy atom. The van der Waals surface area contributed by atoms with Crippen LogP contribution in [0.25, 0.3) is 0 Å². The number of benzene rings is 1. The first kappa shape index (κ1) is 13.5. The van der Waals surface area contributed by atoms with Gasteiger partial charge in [-0.25, -0.2) is 0 Å². The minimum Gasteiger partial charge on any atom is -0.310 e. The van der Waals surface area contributed by atoms with Crippen molar-refractivity contribution in [3.05, 3.63) is 34.4 Å². The SMILES string of the molecule is CC(=O)N(c1ccc([N+](=O)[O-])cc1)C1CCCCC1. The number of amides is 1. The predicted molar refractivity (Wildman–Crippen MR) is 73.1 cm³/mol. The van der Waals surface area contributed by atoms with Crippen molar-refractivity contribution in [1.82, 2.24) is 0 Å². The summed E-state index contributed by atoms with van der Waals surface area (Å²) in [4.78, 5) is 23.8. The molecular weight excluding hydrogens is 244 g/mol. The summed E-state index contributed by atoms with van der Waals surface area (Å²) in [6.07, 6.45) is 5.53. The summed E-state index contributed by atoms with van der Waals surface area (Å²) in [7, 11) is 0. The van der Waals surface area contributed by atoms with Crippen molar-refractivity contribution in [2.45, 2.75) is 45.1 Å². The van der Waals surface area contributed by atoms with Crippen molar-refractivity contribution in [3.8, 4) is 0 Å². The quantitative estimate of drug-likeness (QED) is 0.620. The molecule has 1 amide bonds. The number of nitrogens with zero attached hydrogens (tertiary/aromatic N) is 2. The van der Waals surface area contributed by atoms with Crippen molar-refractivity contribution in [3.63, 3.8) is 0 Å². The summed E-state index contributed by atoms with van der Waals surface area (Å²) >= 11 is 0. The van der Waals surface area contributed by atoms with Gasteiger partial charge in [-0.2, -0.15) is 0 Å². The number of non-ortho nitro benzene ring substituents is 1. The van der Waals surface area contributed by atoms with Gasteiger partial charge in [-0.15, -0.1) is 0 Å². The lowest BCUT2D eigenvalue weighted by atomic mass is 9.93. The maximum Gasteiger partial charge on any atom is 0.269 e. The van der Waals surface area contributed by atoms with Crippen LogP contribution in [0.15, 0.2) is 24.3 Å². The monoisotopic (exact) mass is 262 g/mol. The van der Waals surface area contributed by atoms with Gasteiger partial charge < -0.3 is 4.90 Å². The summed E-state index contributed by atoms with van der Waals surface area (Å²) in [5.74, 6) is 0.000697. The molecule has 0 saturated heterocycles. The van der Waals surface area contributed by atoms with Crippen LogP contribution < -0.4 is 4.90 Å². The van der Waals surface area contributed by atoms with Gasteiger partial charge in [0, 0.05) is 30.8 Å². The second kappa shape index (κ2) is 5.82. The number of hydrogen-bond acceptors (Lipinski definition) is 3. The molecule has 0 spiro atoms. The van der Waals surface area contributed by atoms with E-state index in [4.69, 9.17) is 0 Å². The van der Waals surface area contributed by atoms with Gasteiger partial charge in [0.1, 0.15) is 0 Å². The van der Waals surface area contributed by atoms with Crippen LogP contribution in [0, 0.1) is 10.1 Å². The Morgan fingerprint density at radius 3 is 2.26 bits per heavy atom. The molecule has 0 heterocycles. The van der Waals surface area contributed by atoms with E-state index in [0.29, 0.717) is 0 Å². The number of carbonyl (C=O) groups excluding carboxylic acids is 1. The first-order chi connectivity index (χ1) is 9.09. The molecule has 0 aliphatic heterocycles. The van der Waals surface area contributed by atoms with Crippen LogP contribution in [-0.4, -0.2) is 16.9 Å². The van der Waals surface area contributed by atoms with Crippen molar-refractivity contribution in [2.75, 3.05) is 4.90 Å². The molecule has 1 aromatic rings. The van der Waals surface area contributed by atoms with Gasteiger partial charge in [-0.1, -0.05) is 19.3 Å². The first-order valence-electron chi connectivity index (χ1n) is 6.64. The van der Waals surface area contributed by atoms with E-state index in [9.17, 15) is 14.9 Å². The lowest BCUT2D eigenvalue weighted by Crippen LogP contribution is -2.40. The lowest BCUT2D eigenvalue weighted by Gasteiger charge is -2.33. The predicted octanol–water partition coefficient (Wildman–Crippen LogP) is 3.28. The molecule has 5 heteroatoms. The normalized spacial score (nSPS) is 16.1. The maximum absolute atomic E-state index is 11.9. The third-order valence-electron chi connectivity index (χ3n) is 3.62. The highest BCUT2D eigenvalue weighted by Crippen LogP contribution is 2.28. The molecule has 1 aliphatic rings. The van der Waals surface area contributed by atoms with Crippen molar-refractivity contribution < 1.29 is 9.72 Å². The summed E-state index contributed by atoms with van der Waals surface area (Å²) in [5, 5.41) is 10.6. The molecule has 1 aromatic carbocycles. The molecule has 0 unspecified atom stereocenters. The van der Waals surface area contributed by atoms with Crippen LogP contribution in [-0.2, 0) is 4.79 Å². The second-order valence-corrected chi connectivity index (χ2v) is 4.95. The van der Waals surface area contributed by atoms with E-state index in [1.165, 1.54) is 18.6 Å².